The van der Waals surface area contributed by atoms with Gasteiger partial charge in [-0.25, -0.2) is 0 Å². The highest BCUT2D eigenvalue weighted by atomic mass is 14.9. The molecule has 0 saturated heterocycles. The van der Waals surface area contributed by atoms with Crippen molar-refractivity contribution < 1.29 is 0 Å². The normalized spacial score (nSPS) is 32.2. The lowest BCUT2D eigenvalue weighted by atomic mass is 9.75. The quantitative estimate of drug-likeness (QED) is 0.681. The van der Waals surface area contributed by atoms with Gasteiger partial charge >= 0.3 is 0 Å². The summed E-state index contributed by atoms with van der Waals surface area (Å²) in [6.45, 7) is 10.5. The molecule has 0 spiro atoms. The molecule has 1 fully saturated rings. The topological polar surface area (TPSA) is 12.0 Å². The lowest BCUT2D eigenvalue weighted by molar-refractivity contribution is 0.207. The molecule has 0 aromatic carbocycles. The molecule has 0 bridgehead atoms. The summed E-state index contributed by atoms with van der Waals surface area (Å²) in [7, 11) is 0. The van der Waals surface area contributed by atoms with E-state index < -0.39 is 0 Å². The largest absolute Gasteiger partial charge is 0.315 e. The van der Waals surface area contributed by atoms with E-state index in [-0.39, 0.29) is 0 Å². The van der Waals surface area contributed by atoms with Crippen LogP contribution < -0.4 is 5.32 Å². The van der Waals surface area contributed by atoms with E-state index in [2.05, 4.69) is 33.0 Å². The highest BCUT2D eigenvalue weighted by Gasteiger charge is 2.23. The van der Waals surface area contributed by atoms with Crippen LogP contribution in [0.3, 0.4) is 0 Å². The summed E-state index contributed by atoms with van der Waals surface area (Å²) in [5.41, 5.74) is 0. The summed E-state index contributed by atoms with van der Waals surface area (Å²) in [5, 5.41) is 3.51. The zero-order chi connectivity index (χ0) is 11.3. The van der Waals surface area contributed by atoms with Crippen LogP contribution in [-0.2, 0) is 0 Å². The van der Waals surface area contributed by atoms with E-state index in [1.807, 2.05) is 0 Å². The van der Waals surface area contributed by atoms with Gasteiger partial charge in [0.2, 0.25) is 0 Å². The Morgan fingerprint density at radius 3 is 2.20 bits per heavy atom. The molecule has 2 atom stereocenters. The Morgan fingerprint density at radius 1 is 1.07 bits per heavy atom. The van der Waals surface area contributed by atoms with Crippen LogP contribution in [0.4, 0.5) is 0 Å². The fourth-order valence-corrected chi connectivity index (χ4v) is 3.13. The first-order valence-corrected chi connectivity index (χ1v) is 6.81. The van der Waals surface area contributed by atoms with Crippen molar-refractivity contribution in [1.29, 1.82) is 0 Å². The average molecular weight is 211 g/mol. The van der Waals surface area contributed by atoms with Gasteiger partial charge in [0.1, 0.15) is 0 Å². The van der Waals surface area contributed by atoms with E-state index in [1.165, 1.54) is 38.6 Å². The number of nitrogens with one attached hydrogen (secondary N) is 1. The summed E-state index contributed by atoms with van der Waals surface area (Å²) in [6.07, 6.45) is 7.22. The average Bonchev–Trinajstić information content (AvgIpc) is 2.10. The predicted molar refractivity (Wildman–Crippen MR) is 68.0 cm³/mol. The second kappa shape index (κ2) is 6.52. The van der Waals surface area contributed by atoms with Crippen molar-refractivity contribution in [3.8, 4) is 0 Å². The second-order valence-corrected chi connectivity index (χ2v) is 6.03. The molecule has 1 N–H and O–H groups in total. The van der Waals surface area contributed by atoms with Crippen molar-refractivity contribution in [2.24, 2.45) is 17.8 Å². The highest BCUT2D eigenvalue weighted by molar-refractivity contribution is 4.75. The maximum atomic E-state index is 3.51. The molecule has 1 aliphatic rings. The smallest absolute Gasteiger partial charge is 0.00103 e. The molecule has 1 heteroatoms. The van der Waals surface area contributed by atoms with Crippen molar-refractivity contribution in [2.75, 3.05) is 6.54 Å². The van der Waals surface area contributed by atoms with E-state index in [0.717, 1.165) is 17.8 Å². The molecule has 1 aliphatic carbocycles. The van der Waals surface area contributed by atoms with Crippen LogP contribution in [0.2, 0.25) is 0 Å². The maximum absolute atomic E-state index is 3.51. The Morgan fingerprint density at radius 2 is 1.67 bits per heavy atom. The van der Waals surface area contributed by atoms with Crippen LogP contribution in [0.5, 0.6) is 0 Å². The van der Waals surface area contributed by atoms with Gasteiger partial charge in [-0.15, -0.1) is 0 Å². The molecular formula is C14H29N. The number of rotatable bonds is 5. The molecule has 0 radical (unpaired) electrons. The van der Waals surface area contributed by atoms with Crippen molar-refractivity contribution in [3.63, 3.8) is 0 Å². The van der Waals surface area contributed by atoms with Crippen molar-refractivity contribution in [3.05, 3.63) is 0 Å². The van der Waals surface area contributed by atoms with Crippen LogP contribution >= 0.6 is 0 Å². The van der Waals surface area contributed by atoms with E-state index in [0.29, 0.717) is 6.04 Å². The molecule has 0 aromatic heterocycles. The molecule has 1 saturated carbocycles. The van der Waals surface area contributed by atoms with Crippen molar-refractivity contribution >= 4 is 0 Å². The minimum atomic E-state index is 0.647. The Kier molecular flexibility index (Phi) is 5.66. The summed E-state index contributed by atoms with van der Waals surface area (Å²) in [5.74, 6) is 2.95. The van der Waals surface area contributed by atoms with Gasteiger partial charge in [0, 0.05) is 6.04 Å². The van der Waals surface area contributed by atoms with Gasteiger partial charge in [-0.2, -0.15) is 0 Å². The third-order valence-corrected chi connectivity index (χ3v) is 3.62. The molecule has 1 rings (SSSR count). The minimum absolute atomic E-state index is 0.647. The van der Waals surface area contributed by atoms with E-state index in [9.17, 15) is 0 Å². The Balaban J connectivity index is 2.10. The summed E-state index contributed by atoms with van der Waals surface area (Å²) in [6, 6.07) is 0.647. The first kappa shape index (κ1) is 13.0. The third kappa shape index (κ3) is 5.55. The zero-order valence-electron chi connectivity index (χ0n) is 11.1. The molecule has 1 nitrogen and oxygen atoms in total. The van der Waals surface area contributed by atoms with Crippen LogP contribution in [-0.4, -0.2) is 12.6 Å². The summed E-state index contributed by atoms with van der Waals surface area (Å²) >= 11 is 0. The van der Waals surface area contributed by atoms with Gasteiger partial charge in [0.25, 0.3) is 0 Å². The zero-order valence-corrected chi connectivity index (χ0v) is 11.1. The van der Waals surface area contributed by atoms with E-state index in [4.69, 9.17) is 0 Å². The third-order valence-electron chi connectivity index (χ3n) is 3.62. The molecule has 0 amide bonds. The lowest BCUT2D eigenvalue weighted by Crippen LogP contribution is -2.25. The fourth-order valence-electron chi connectivity index (χ4n) is 3.13. The predicted octanol–water partition coefficient (Wildman–Crippen LogP) is 3.84. The highest BCUT2D eigenvalue weighted by Crippen LogP contribution is 2.34. The Hall–Kier alpha value is -0.0400. The van der Waals surface area contributed by atoms with Crippen LogP contribution in [0, 0.1) is 17.8 Å². The first-order valence-electron chi connectivity index (χ1n) is 6.81. The number of hydrogen-bond donors (Lipinski definition) is 1. The standard InChI is InChI=1S/C14H29N/c1-11(2)15-7-5-6-14-9-12(3)8-13(4)10-14/h11-15H,5-10H2,1-4H3. The van der Waals surface area contributed by atoms with Crippen LogP contribution in [0.15, 0.2) is 0 Å². The van der Waals surface area contributed by atoms with Gasteiger partial charge in [0.15, 0.2) is 0 Å². The van der Waals surface area contributed by atoms with E-state index in [1.54, 1.807) is 0 Å². The molecule has 0 aromatic rings. The molecule has 2 unspecified atom stereocenters. The van der Waals surface area contributed by atoms with Gasteiger partial charge < -0.3 is 5.32 Å². The Bertz CT molecular complexity index is 155. The van der Waals surface area contributed by atoms with Crippen molar-refractivity contribution in [1.82, 2.24) is 5.32 Å². The van der Waals surface area contributed by atoms with Gasteiger partial charge in [0.05, 0.1) is 0 Å². The molecule has 0 aliphatic heterocycles. The number of hydrogen-bond acceptors (Lipinski definition) is 1. The van der Waals surface area contributed by atoms with Gasteiger partial charge in [-0.1, -0.05) is 27.7 Å². The Labute approximate surface area is 96.0 Å². The lowest BCUT2D eigenvalue weighted by Gasteiger charge is -2.31. The van der Waals surface area contributed by atoms with Gasteiger partial charge in [-0.05, 0) is 56.4 Å². The van der Waals surface area contributed by atoms with Gasteiger partial charge in [-0.3, -0.25) is 0 Å². The molecular weight excluding hydrogens is 182 g/mol. The minimum Gasteiger partial charge on any atom is -0.315 e. The SMILES string of the molecule is CC1CC(C)CC(CCCNC(C)C)C1. The second-order valence-electron chi connectivity index (χ2n) is 6.03. The molecule has 90 valence electrons. The summed E-state index contributed by atoms with van der Waals surface area (Å²) in [4.78, 5) is 0. The maximum Gasteiger partial charge on any atom is 0.00103 e. The van der Waals surface area contributed by atoms with Crippen molar-refractivity contribution in [2.45, 2.75) is 65.8 Å². The monoisotopic (exact) mass is 211 g/mol. The van der Waals surface area contributed by atoms with Crippen LogP contribution in [0.1, 0.15) is 59.8 Å². The summed E-state index contributed by atoms with van der Waals surface area (Å²) < 4.78 is 0. The molecule has 15 heavy (non-hydrogen) atoms. The van der Waals surface area contributed by atoms with E-state index >= 15 is 0 Å². The fraction of sp³-hybridized carbons (Fsp3) is 1.00. The van der Waals surface area contributed by atoms with Crippen LogP contribution in [0.25, 0.3) is 0 Å². The first-order chi connectivity index (χ1) is 7.08. The molecule has 0 heterocycles.